The Morgan fingerprint density at radius 1 is 1.24 bits per heavy atom. The van der Waals surface area contributed by atoms with Crippen LogP contribution in [0.4, 0.5) is 0 Å². The monoisotopic (exact) mass is 238 g/mol. The lowest BCUT2D eigenvalue weighted by Crippen LogP contribution is -2.21. The van der Waals surface area contributed by atoms with E-state index in [0.717, 1.165) is 25.7 Å². The van der Waals surface area contributed by atoms with Crippen molar-refractivity contribution in [3.05, 3.63) is 12.7 Å². The van der Waals surface area contributed by atoms with Gasteiger partial charge in [-0.3, -0.25) is 4.79 Å². The maximum Gasteiger partial charge on any atom is 0.311 e. The van der Waals surface area contributed by atoms with Gasteiger partial charge in [0.2, 0.25) is 0 Å². The van der Waals surface area contributed by atoms with Crippen LogP contribution in [0.15, 0.2) is 12.7 Å². The van der Waals surface area contributed by atoms with Crippen LogP contribution in [0.5, 0.6) is 0 Å². The fourth-order valence-corrected chi connectivity index (χ4v) is 2.38. The molecule has 17 heavy (non-hydrogen) atoms. The number of unbranched alkanes of at least 4 members (excludes halogenated alkanes) is 6. The predicted molar refractivity (Wildman–Crippen MR) is 70.8 cm³/mol. The SMILES string of the molecule is C=CCCCCCCCC[C@@]1(C)CCOC1=O. The molecule has 0 aliphatic carbocycles. The maximum atomic E-state index is 11.5. The lowest BCUT2D eigenvalue weighted by Gasteiger charge is -2.18. The number of hydrogen-bond donors (Lipinski definition) is 0. The van der Waals surface area contributed by atoms with E-state index < -0.39 is 0 Å². The maximum absolute atomic E-state index is 11.5. The quantitative estimate of drug-likeness (QED) is 0.341. The van der Waals surface area contributed by atoms with Crippen LogP contribution in [-0.4, -0.2) is 12.6 Å². The fraction of sp³-hybridized carbons (Fsp3) is 0.800. The zero-order valence-corrected chi connectivity index (χ0v) is 11.2. The third-order valence-electron chi connectivity index (χ3n) is 3.77. The summed E-state index contributed by atoms with van der Waals surface area (Å²) in [5.74, 6) is 0.0171. The van der Waals surface area contributed by atoms with Crippen molar-refractivity contribution in [3.8, 4) is 0 Å². The van der Waals surface area contributed by atoms with Gasteiger partial charge in [0, 0.05) is 0 Å². The van der Waals surface area contributed by atoms with Crippen molar-refractivity contribution < 1.29 is 9.53 Å². The number of cyclic esters (lactones) is 1. The molecular formula is C15H26O2. The summed E-state index contributed by atoms with van der Waals surface area (Å²) < 4.78 is 5.04. The molecule has 0 radical (unpaired) electrons. The smallest absolute Gasteiger partial charge is 0.311 e. The first-order valence-corrected chi connectivity index (χ1v) is 6.97. The summed E-state index contributed by atoms with van der Waals surface area (Å²) in [5, 5.41) is 0. The Hall–Kier alpha value is -0.790. The molecule has 0 bridgehead atoms. The number of carbonyl (C=O) groups is 1. The highest BCUT2D eigenvalue weighted by Crippen LogP contribution is 2.34. The molecule has 1 saturated heterocycles. The van der Waals surface area contributed by atoms with Gasteiger partial charge >= 0.3 is 5.97 Å². The van der Waals surface area contributed by atoms with Crippen LogP contribution in [0.2, 0.25) is 0 Å². The van der Waals surface area contributed by atoms with Gasteiger partial charge in [-0.25, -0.2) is 0 Å². The Morgan fingerprint density at radius 2 is 1.88 bits per heavy atom. The van der Waals surface area contributed by atoms with E-state index in [-0.39, 0.29) is 11.4 Å². The van der Waals surface area contributed by atoms with Gasteiger partial charge in [0.25, 0.3) is 0 Å². The molecular weight excluding hydrogens is 212 g/mol. The minimum atomic E-state index is -0.178. The first-order chi connectivity index (χ1) is 8.19. The predicted octanol–water partition coefficient (Wildman–Crippen LogP) is 4.25. The van der Waals surface area contributed by atoms with Gasteiger partial charge < -0.3 is 4.74 Å². The summed E-state index contributed by atoms with van der Waals surface area (Å²) in [5.41, 5.74) is -0.178. The minimum Gasteiger partial charge on any atom is -0.465 e. The summed E-state index contributed by atoms with van der Waals surface area (Å²) >= 11 is 0. The topological polar surface area (TPSA) is 26.3 Å². The van der Waals surface area contributed by atoms with Crippen LogP contribution < -0.4 is 0 Å². The summed E-state index contributed by atoms with van der Waals surface area (Å²) in [6.45, 7) is 6.39. The highest BCUT2D eigenvalue weighted by molar-refractivity contribution is 5.78. The van der Waals surface area contributed by atoms with Crippen molar-refractivity contribution in [1.29, 1.82) is 0 Å². The molecule has 98 valence electrons. The summed E-state index contributed by atoms with van der Waals surface area (Å²) in [6, 6.07) is 0. The molecule has 2 nitrogen and oxygen atoms in total. The molecule has 1 aliphatic rings. The third-order valence-corrected chi connectivity index (χ3v) is 3.77. The Labute approximate surface area is 105 Å². The fourth-order valence-electron chi connectivity index (χ4n) is 2.38. The summed E-state index contributed by atoms with van der Waals surface area (Å²) in [4.78, 5) is 11.5. The van der Waals surface area contributed by atoms with E-state index in [9.17, 15) is 4.79 Å². The Morgan fingerprint density at radius 3 is 2.47 bits per heavy atom. The second-order valence-electron chi connectivity index (χ2n) is 5.40. The molecule has 1 aliphatic heterocycles. The van der Waals surface area contributed by atoms with E-state index in [4.69, 9.17) is 4.74 Å². The molecule has 1 fully saturated rings. The van der Waals surface area contributed by atoms with Crippen molar-refractivity contribution in [2.75, 3.05) is 6.61 Å². The van der Waals surface area contributed by atoms with E-state index in [2.05, 4.69) is 6.58 Å². The Kier molecular flexibility index (Phi) is 6.31. The molecule has 1 rings (SSSR count). The average Bonchev–Trinajstić information content (AvgIpc) is 2.63. The van der Waals surface area contributed by atoms with Gasteiger partial charge in [-0.15, -0.1) is 6.58 Å². The van der Waals surface area contributed by atoms with Crippen molar-refractivity contribution in [2.45, 2.75) is 64.7 Å². The van der Waals surface area contributed by atoms with Crippen molar-refractivity contribution in [2.24, 2.45) is 5.41 Å². The molecule has 1 atom stereocenters. The third kappa shape index (κ3) is 4.93. The van der Waals surface area contributed by atoms with Crippen LogP contribution in [0.3, 0.4) is 0 Å². The molecule has 0 aromatic rings. The van der Waals surface area contributed by atoms with Crippen LogP contribution in [0, 0.1) is 5.41 Å². The number of esters is 1. The van der Waals surface area contributed by atoms with Gasteiger partial charge in [0.05, 0.1) is 12.0 Å². The normalized spacial score (nSPS) is 23.7. The van der Waals surface area contributed by atoms with E-state index in [1.165, 1.54) is 32.1 Å². The molecule has 0 unspecified atom stereocenters. The molecule has 0 amide bonds. The summed E-state index contributed by atoms with van der Waals surface area (Å²) in [7, 11) is 0. The summed E-state index contributed by atoms with van der Waals surface area (Å²) in [6.07, 6.45) is 12.6. The van der Waals surface area contributed by atoms with Gasteiger partial charge in [0.1, 0.15) is 0 Å². The number of rotatable bonds is 9. The lowest BCUT2D eigenvalue weighted by atomic mass is 9.83. The number of carbonyl (C=O) groups excluding carboxylic acids is 1. The van der Waals surface area contributed by atoms with Crippen molar-refractivity contribution >= 4 is 5.97 Å². The first kappa shape index (κ1) is 14.3. The number of allylic oxidation sites excluding steroid dienone is 1. The molecule has 0 N–H and O–H groups in total. The van der Waals surface area contributed by atoms with Gasteiger partial charge in [-0.2, -0.15) is 0 Å². The van der Waals surface area contributed by atoms with Crippen LogP contribution in [-0.2, 0) is 9.53 Å². The van der Waals surface area contributed by atoms with Gasteiger partial charge in [-0.1, -0.05) is 38.2 Å². The highest BCUT2D eigenvalue weighted by Gasteiger charge is 2.38. The molecule has 0 spiro atoms. The molecule has 0 aromatic carbocycles. The second-order valence-corrected chi connectivity index (χ2v) is 5.40. The van der Waals surface area contributed by atoms with Crippen molar-refractivity contribution in [1.82, 2.24) is 0 Å². The molecule has 2 heteroatoms. The number of ether oxygens (including phenoxy) is 1. The largest absolute Gasteiger partial charge is 0.465 e. The van der Waals surface area contributed by atoms with Crippen LogP contribution in [0.25, 0.3) is 0 Å². The standard InChI is InChI=1S/C15H26O2/c1-3-4-5-6-7-8-9-10-11-15(2)12-13-17-14(15)16/h3H,1,4-13H2,2H3/t15-/m0/s1. The molecule has 1 heterocycles. The minimum absolute atomic E-state index is 0.0171. The Balaban J connectivity index is 1.97. The lowest BCUT2D eigenvalue weighted by molar-refractivity contribution is -0.145. The van der Waals surface area contributed by atoms with Crippen molar-refractivity contribution in [3.63, 3.8) is 0 Å². The second kappa shape index (κ2) is 7.52. The van der Waals surface area contributed by atoms with Gasteiger partial charge in [-0.05, 0) is 32.6 Å². The van der Waals surface area contributed by atoms with Crippen LogP contribution >= 0.6 is 0 Å². The van der Waals surface area contributed by atoms with Crippen LogP contribution in [0.1, 0.15) is 64.7 Å². The molecule has 0 aromatic heterocycles. The number of hydrogen-bond acceptors (Lipinski definition) is 2. The van der Waals surface area contributed by atoms with Gasteiger partial charge in [0.15, 0.2) is 0 Å². The zero-order chi connectivity index (χ0) is 12.6. The van der Waals surface area contributed by atoms with E-state index in [1.807, 2.05) is 13.0 Å². The average molecular weight is 238 g/mol. The zero-order valence-electron chi connectivity index (χ0n) is 11.2. The van der Waals surface area contributed by atoms with E-state index >= 15 is 0 Å². The first-order valence-electron chi connectivity index (χ1n) is 6.97. The molecule has 0 saturated carbocycles. The van der Waals surface area contributed by atoms with E-state index in [0.29, 0.717) is 6.61 Å². The highest BCUT2D eigenvalue weighted by atomic mass is 16.5. The Bertz CT molecular complexity index is 247. The van der Waals surface area contributed by atoms with E-state index in [1.54, 1.807) is 0 Å².